The number of nitrogens with zero attached hydrogens (tertiary/aromatic N) is 1. The molecule has 1 aromatic carbocycles. The summed E-state index contributed by atoms with van der Waals surface area (Å²) in [5.74, 6) is 0.662. The number of ether oxygens (including phenoxy) is 1. The van der Waals surface area contributed by atoms with E-state index in [0.717, 1.165) is 5.56 Å². The molecule has 0 amide bonds. The van der Waals surface area contributed by atoms with Crippen molar-refractivity contribution in [3.05, 3.63) is 36.5 Å². The molecule has 0 spiro atoms. The van der Waals surface area contributed by atoms with Crippen molar-refractivity contribution in [1.82, 2.24) is 4.98 Å². The number of rotatable bonds is 2. The Labute approximate surface area is 92.8 Å². The second-order valence-corrected chi connectivity index (χ2v) is 3.29. The minimum Gasteiger partial charge on any atom is -0.508 e. The molecule has 0 aliphatic rings. The van der Waals surface area contributed by atoms with Crippen molar-refractivity contribution in [2.75, 3.05) is 7.11 Å². The monoisotopic (exact) mass is 217 g/mol. The number of benzene rings is 1. The highest BCUT2D eigenvalue weighted by Crippen LogP contribution is 2.32. The second kappa shape index (κ2) is 4.10. The number of aromatic hydroxyl groups is 2. The summed E-state index contributed by atoms with van der Waals surface area (Å²) in [5, 5.41) is 19.0. The highest BCUT2D eigenvalue weighted by atomic mass is 16.5. The van der Waals surface area contributed by atoms with E-state index in [4.69, 9.17) is 4.74 Å². The fourth-order valence-electron chi connectivity index (χ4n) is 1.44. The van der Waals surface area contributed by atoms with Crippen LogP contribution in [0.15, 0.2) is 36.5 Å². The van der Waals surface area contributed by atoms with Gasteiger partial charge in [-0.3, -0.25) is 0 Å². The van der Waals surface area contributed by atoms with Gasteiger partial charge in [0.1, 0.15) is 11.5 Å². The van der Waals surface area contributed by atoms with Crippen LogP contribution < -0.4 is 4.74 Å². The van der Waals surface area contributed by atoms with Crippen LogP contribution in [0.2, 0.25) is 0 Å². The highest BCUT2D eigenvalue weighted by Gasteiger charge is 2.06. The molecule has 2 rings (SSSR count). The van der Waals surface area contributed by atoms with Crippen LogP contribution in [-0.4, -0.2) is 22.3 Å². The van der Waals surface area contributed by atoms with Crippen LogP contribution in [0.1, 0.15) is 0 Å². The van der Waals surface area contributed by atoms with Crippen molar-refractivity contribution in [2.45, 2.75) is 0 Å². The summed E-state index contributed by atoms with van der Waals surface area (Å²) in [5.41, 5.74) is 1.28. The van der Waals surface area contributed by atoms with E-state index in [9.17, 15) is 10.2 Å². The van der Waals surface area contributed by atoms with Crippen molar-refractivity contribution >= 4 is 0 Å². The number of hydrogen-bond acceptors (Lipinski definition) is 4. The van der Waals surface area contributed by atoms with Crippen molar-refractivity contribution in [3.63, 3.8) is 0 Å². The van der Waals surface area contributed by atoms with E-state index in [0.29, 0.717) is 11.4 Å². The summed E-state index contributed by atoms with van der Waals surface area (Å²) in [6.07, 6.45) is 1.58. The molecule has 0 fully saturated rings. The Morgan fingerprint density at radius 2 is 1.94 bits per heavy atom. The first-order valence-corrected chi connectivity index (χ1v) is 4.73. The molecule has 0 atom stereocenters. The van der Waals surface area contributed by atoms with Crippen LogP contribution >= 0.6 is 0 Å². The third-order valence-electron chi connectivity index (χ3n) is 2.24. The van der Waals surface area contributed by atoms with E-state index in [1.165, 1.54) is 25.3 Å². The highest BCUT2D eigenvalue weighted by molar-refractivity contribution is 5.71. The topological polar surface area (TPSA) is 62.6 Å². The predicted octanol–water partition coefficient (Wildman–Crippen LogP) is 2.17. The molecule has 0 aliphatic heterocycles. The van der Waals surface area contributed by atoms with Gasteiger partial charge in [-0.2, -0.15) is 0 Å². The molecular weight excluding hydrogens is 206 g/mol. The van der Waals surface area contributed by atoms with E-state index in [1.807, 2.05) is 0 Å². The van der Waals surface area contributed by atoms with Gasteiger partial charge in [0, 0.05) is 17.8 Å². The lowest BCUT2D eigenvalue weighted by atomic mass is 10.1. The van der Waals surface area contributed by atoms with E-state index in [-0.39, 0.29) is 11.5 Å². The Morgan fingerprint density at radius 1 is 1.12 bits per heavy atom. The zero-order valence-electron chi connectivity index (χ0n) is 8.71. The van der Waals surface area contributed by atoms with E-state index in [1.54, 1.807) is 18.3 Å². The number of methoxy groups -OCH3 is 1. The van der Waals surface area contributed by atoms with Crippen molar-refractivity contribution in [3.8, 4) is 28.5 Å². The van der Waals surface area contributed by atoms with Crippen LogP contribution in [0.25, 0.3) is 11.1 Å². The zero-order chi connectivity index (χ0) is 11.5. The zero-order valence-corrected chi connectivity index (χ0v) is 8.71. The number of pyridine rings is 1. The fraction of sp³-hybridized carbons (Fsp3) is 0.0833. The molecule has 1 heterocycles. The molecular formula is C12H11NO3. The Balaban J connectivity index is 2.53. The van der Waals surface area contributed by atoms with Crippen LogP contribution in [0.5, 0.6) is 17.4 Å². The normalized spacial score (nSPS) is 10.1. The second-order valence-electron chi connectivity index (χ2n) is 3.29. The molecule has 16 heavy (non-hydrogen) atoms. The largest absolute Gasteiger partial charge is 0.508 e. The molecule has 4 nitrogen and oxygen atoms in total. The molecule has 0 aliphatic carbocycles. The molecule has 0 saturated carbocycles. The number of aromatic nitrogens is 1. The summed E-state index contributed by atoms with van der Waals surface area (Å²) in [7, 11) is 1.52. The van der Waals surface area contributed by atoms with Gasteiger partial charge in [0.15, 0.2) is 0 Å². The third-order valence-corrected chi connectivity index (χ3v) is 2.24. The van der Waals surface area contributed by atoms with Crippen LogP contribution in [0, 0.1) is 0 Å². The van der Waals surface area contributed by atoms with Gasteiger partial charge in [0.2, 0.25) is 5.88 Å². The molecule has 1 aromatic heterocycles. The first-order chi connectivity index (χ1) is 7.70. The molecule has 82 valence electrons. The first-order valence-electron chi connectivity index (χ1n) is 4.73. The summed E-state index contributed by atoms with van der Waals surface area (Å²) >= 11 is 0. The Kier molecular flexibility index (Phi) is 2.64. The van der Waals surface area contributed by atoms with Crippen LogP contribution in [0.3, 0.4) is 0 Å². The Hall–Kier alpha value is -2.23. The Morgan fingerprint density at radius 3 is 2.69 bits per heavy atom. The van der Waals surface area contributed by atoms with Gasteiger partial charge in [0.25, 0.3) is 0 Å². The van der Waals surface area contributed by atoms with Gasteiger partial charge in [-0.1, -0.05) is 0 Å². The van der Waals surface area contributed by atoms with Gasteiger partial charge in [0.05, 0.1) is 7.11 Å². The van der Waals surface area contributed by atoms with Crippen molar-refractivity contribution in [1.29, 1.82) is 0 Å². The number of phenols is 2. The minimum atomic E-state index is 0.101. The van der Waals surface area contributed by atoms with E-state index in [2.05, 4.69) is 4.98 Å². The molecule has 0 unspecified atom stereocenters. The first kappa shape index (κ1) is 10.3. The summed E-state index contributed by atoms with van der Waals surface area (Å²) < 4.78 is 4.99. The smallest absolute Gasteiger partial charge is 0.213 e. The van der Waals surface area contributed by atoms with Gasteiger partial charge in [-0.05, 0) is 29.8 Å². The quantitative estimate of drug-likeness (QED) is 0.757. The summed E-state index contributed by atoms with van der Waals surface area (Å²) in [4.78, 5) is 3.97. The predicted molar refractivity (Wildman–Crippen MR) is 59.6 cm³/mol. The molecule has 2 aromatic rings. The van der Waals surface area contributed by atoms with Crippen molar-refractivity contribution in [2.24, 2.45) is 0 Å². The van der Waals surface area contributed by atoms with Gasteiger partial charge >= 0.3 is 0 Å². The summed E-state index contributed by atoms with van der Waals surface area (Å²) in [6, 6.07) is 7.78. The maximum atomic E-state index is 9.68. The standard InChI is InChI=1S/C12H11NO3/c1-16-12-6-8(4-5-13-12)10-7-9(14)2-3-11(10)15/h2-7,14-15H,1H3. The number of hydrogen-bond donors (Lipinski definition) is 2. The maximum absolute atomic E-state index is 9.68. The van der Waals surface area contributed by atoms with Gasteiger partial charge in [-0.25, -0.2) is 4.98 Å². The lowest BCUT2D eigenvalue weighted by Crippen LogP contribution is -1.87. The molecule has 0 saturated heterocycles. The number of phenolic OH excluding ortho intramolecular Hbond substituents is 2. The van der Waals surface area contributed by atoms with Gasteiger partial charge in [-0.15, -0.1) is 0 Å². The van der Waals surface area contributed by atoms with E-state index >= 15 is 0 Å². The average molecular weight is 217 g/mol. The third kappa shape index (κ3) is 1.91. The van der Waals surface area contributed by atoms with Crippen LogP contribution in [0.4, 0.5) is 0 Å². The van der Waals surface area contributed by atoms with Crippen molar-refractivity contribution < 1.29 is 14.9 Å². The average Bonchev–Trinajstić information content (AvgIpc) is 2.32. The molecule has 0 radical (unpaired) electrons. The Bertz CT molecular complexity index is 511. The molecule has 4 heteroatoms. The summed E-state index contributed by atoms with van der Waals surface area (Å²) in [6.45, 7) is 0. The van der Waals surface area contributed by atoms with Gasteiger partial charge < -0.3 is 14.9 Å². The SMILES string of the molecule is COc1cc(-c2cc(O)ccc2O)ccn1. The van der Waals surface area contributed by atoms with E-state index < -0.39 is 0 Å². The minimum absolute atomic E-state index is 0.101. The lowest BCUT2D eigenvalue weighted by molar-refractivity contribution is 0.398. The lowest BCUT2D eigenvalue weighted by Gasteiger charge is -2.06. The molecule has 2 N–H and O–H groups in total. The maximum Gasteiger partial charge on any atom is 0.213 e. The fourth-order valence-corrected chi connectivity index (χ4v) is 1.44. The van der Waals surface area contributed by atoms with Crippen LogP contribution in [-0.2, 0) is 0 Å². The molecule has 0 bridgehead atoms.